The van der Waals surface area contributed by atoms with Gasteiger partial charge in [0.25, 0.3) is 0 Å². The number of sulfonamides is 1. The van der Waals surface area contributed by atoms with Gasteiger partial charge in [0.15, 0.2) is 6.61 Å². The van der Waals surface area contributed by atoms with E-state index in [9.17, 15) is 13.2 Å². The lowest BCUT2D eigenvalue weighted by molar-refractivity contribution is -0.142. The van der Waals surface area contributed by atoms with E-state index in [4.69, 9.17) is 4.74 Å². The highest BCUT2D eigenvalue weighted by molar-refractivity contribution is 7.89. The fourth-order valence-corrected chi connectivity index (χ4v) is 4.65. The maximum absolute atomic E-state index is 13.0. The van der Waals surface area contributed by atoms with E-state index < -0.39 is 16.0 Å². The number of esters is 1. The first-order chi connectivity index (χ1) is 14.8. The van der Waals surface area contributed by atoms with Crippen molar-refractivity contribution in [1.29, 1.82) is 0 Å². The Morgan fingerprint density at radius 1 is 1.00 bits per heavy atom. The van der Waals surface area contributed by atoms with Gasteiger partial charge in [0, 0.05) is 12.1 Å². The third-order valence-electron chi connectivity index (χ3n) is 5.03. The van der Waals surface area contributed by atoms with Crippen LogP contribution >= 0.6 is 0 Å². The Hall–Kier alpha value is -2.90. The van der Waals surface area contributed by atoms with Gasteiger partial charge in [-0.15, -0.1) is 0 Å². The Labute approximate surface area is 183 Å². The van der Waals surface area contributed by atoms with Crippen LogP contribution in [0.2, 0.25) is 0 Å². The van der Waals surface area contributed by atoms with Crippen molar-refractivity contribution >= 4 is 16.0 Å². The summed E-state index contributed by atoms with van der Waals surface area (Å²) in [6, 6.07) is 18.4. The molecule has 0 aromatic heterocycles. The first kappa shape index (κ1) is 22.8. The largest absolute Gasteiger partial charge is 0.482 e. The first-order valence-corrected chi connectivity index (χ1v) is 11.6. The highest BCUT2D eigenvalue weighted by atomic mass is 32.2. The second-order valence-corrected chi connectivity index (χ2v) is 9.25. The van der Waals surface area contributed by atoms with Crippen molar-refractivity contribution in [2.75, 3.05) is 20.3 Å². The van der Waals surface area contributed by atoms with Gasteiger partial charge < -0.3 is 9.47 Å². The number of hydrogen-bond donors (Lipinski definition) is 1. The molecule has 0 amide bonds. The van der Waals surface area contributed by atoms with Crippen molar-refractivity contribution in [2.45, 2.75) is 31.1 Å². The second kappa shape index (κ2) is 9.94. The first-order valence-electron chi connectivity index (χ1n) is 10.1. The average molecular weight is 442 g/mol. The smallest absolute Gasteiger partial charge is 0.343 e. The highest BCUT2D eigenvalue weighted by Crippen LogP contribution is 2.38. The summed E-state index contributed by atoms with van der Waals surface area (Å²) in [4.78, 5) is 11.4. The third-order valence-corrected chi connectivity index (χ3v) is 6.53. The number of rotatable bonds is 9. The molecule has 0 saturated heterocycles. The van der Waals surface area contributed by atoms with Crippen LogP contribution in [0.25, 0.3) is 11.1 Å². The minimum Gasteiger partial charge on any atom is -0.482 e. The Bertz CT molecular complexity index is 1110. The quantitative estimate of drug-likeness (QED) is 0.508. The van der Waals surface area contributed by atoms with E-state index in [0.29, 0.717) is 17.1 Å². The summed E-state index contributed by atoms with van der Waals surface area (Å²) in [5.74, 6) is 0.313. The molecule has 0 unspecified atom stereocenters. The number of fused-ring (bicyclic) bond motifs is 1. The lowest BCUT2D eigenvalue weighted by atomic mass is 10.0. The van der Waals surface area contributed by atoms with E-state index in [1.807, 2.05) is 42.5 Å². The van der Waals surface area contributed by atoms with Crippen molar-refractivity contribution in [3.05, 3.63) is 71.8 Å². The van der Waals surface area contributed by atoms with E-state index in [0.717, 1.165) is 22.3 Å². The zero-order valence-electron chi connectivity index (χ0n) is 17.9. The molecule has 1 N–H and O–H groups in total. The summed E-state index contributed by atoms with van der Waals surface area (Å²) < 4.78 is 38.6. The van der Waals surface area contributed by atoms with Gasteiger partial charge in [0.1, 0.15) is 5.75 Å². The molecule has 6 nitrogen and oxygen atoms in total. The molecule has 31 heavy (non-hydrogen) atoms. The van der Waals surface area contributed by atoms with Crippen LogP contribution in [0.3, 0.4) is 0 Å². The summed E-state index contributed by atoms with van der Waals surface area (Å²) in [6.45, 7) is 4.24. The SMILES string of the molecule is COC(=O)COc1ccc(CCNS(=O)(=O)c2cc(C(C)C)c3cccccc2-3)cc1. The average Bonchev–Trinajstić information content (AvgIpc) is 2.96. The normalized spacial score (nSPS) is 11.6. The molecule has 0 fully saturated rings. The number of carbonyl (C=O) groups is 1. The molecule has 164 valence electrons. The molecule has 0 radical (unpaired) electrons. The Kier molecular flexibility index (Phi) is 7.30. The maximum Gasteiger partial charge on any atom is 0.343 e. The molecule has 0 bridgehead atoms. The van der Waals surface area contributed by atoms with Crippen molar-refractivity contribution in [1.82, 2.24) is 4.72 Å². The van der Waals surface area contributed by atoms with Crippen LogP contribution in [-0.2, 0) is 26.0 Å². The molecule has 0 aliphatic heterocycles. The number of methoxy groups -OCH3 is 1. The van der Waals surface area contributed by atoms with Crippen LogP contribution in [0.5, 0.6) is 5.75 Å². The van der Waals surface area contributed by atoms with E-state index in [1.54, 1.807) is 18.2 Å². The number of benzene rings is 1. The predicted octanol–water partition coefficient (Wildman–Crippen LogP) is 3.99. The van der Waals surface area contributed by atoms with E-state index in [1.165, 1.54) is 7.11 Å². The van der Waals surface area contributed by atoms with E-state index in [-0.39, 0.29) is 19.1 Å². The van der Waals surface area contributed by atoms with E-state index >= 15 is 0 Å². The molecular formula is C24H27NO5S. The van der Waals surface area contributed by atoms with Crippen LogP contribution in [0, 0.1) is 0 Å². The summed E-state index contributed by atoms with van der Waals surface area (Å²) in [7, 11) is -2.35. The highest BCUT2D eigenvalue weighted by Gasteiger charge is 2.25. The number of carbonyl (C=O) groups excluding carboxylic acids is 1. The van der Waals surface area contributed by atoms with Gasteiger partial charge in [-0.2, -0.15) is 0 Å². The molecule has 3 rings (SSSR count). The monoisotopic (exact) mass is 441 g/mol. The summed E-state index contributed by atoms with van der Waals surface area (Å²) >= 11 is 0. The molecule has 0 heterocycles. The molecule has 2 aliphatic rings. The Morgan fingerprint density at radius 3 is 2.32 bits per heavy atom. The van der Waals surface area contributed by atoms with Gasteiger partial charge in [0.05, 0.1) is 12.0 Å². The van der Waals surface area contributed by atoms with Crippen LogP contribution in [-0.4, -0.2) is 34.6 Å². The molecule has 1 aromatic rings. The zero-order valence-corrected chi connectivity index (χ0v) is 18.7. The number of nitrogens with one attached hydrogen (secondary N) is 1. The molecule has 2 aliphatic carbocycles. The summed E-state index contributed by atoms with van der Waals surface area (Å²) in [6.07, 6.45) is 0.528. The second-order valence-electron chi connectivity index (χ2n) is 7.51. The topological polar surface area (TPSA) is 81.7 Å². The summed E-state index contributed by atoms with van der Waals surface area (Å²) in [5, 5.41) is 0. The molecule has 1 aromatic carbocycles. The molecule has 0 atom stereocenters. The standard InChI is InChI=1S/C24H27NO5S/c1-17(2)22-15-23(21-8-6-4-5-7-20(21)22)31(27,28)25-14-13-18-9-11-19(12-10-18)30-16-24(26)29-3/h4-12,15,17,25H,13-14,16H2,1-3H3. The lowest BCUT2D eigenvalue weighted by Gasteiger charge is -2.08. The van der Waals surface area contributed by atoms with Crippen LogP contribution in [0.15, 0.2) is 65.6 Å². The predicted molar refractivity (Wildman–Crippen MR) is 120 cm³/mol. The van der Waals surface area contributed by atoms with Gasteiger partial charge in [0.2, 0.25) is 10.0 Å². The Balaban J connectivity index is 1.67. The fourth-order valence-electron chi connectivity index (χ4n) is 3.37. The van der Waals surface area contributed by atoms with Gasteiger partial charge in [-0.3, -0.25) is 0 Å². The minimum absolute atomic E-state index is 0.153. The summed E-state index contributed by atoms with van der Waals surface area (Å²) in [5.41, 5.74) is 3.67. The van der Waals surface area contributed by atoms with Gasteiger partial charge >= 0.3 is 5.97 Å². The Morgan fingerprint density at radius 2 is 1.68 bits per heavy atom. The van der Waals surface area contributed by atoms with Gasteiger partial charge in [-0.25, -0.2) is 17.9 Å². The van der Waals surface area contributed by atoms with Gasteiger partial charge in [-0.05, 0) is 47.2 Å². The van der Waals surface area contributed by atoms with Crippen molar-refractivity contribution in [2.24, 2.45) is 0 Å². The van der Waals surface area contributed by atoms with Crippen molar-refractivity contribution in [3.63, 3.8) is 0 Å². The molecule has 0 saturated carbocycles. The molecule has 0 spiro atoms. The minimum atomic E-state index is -3.66. The van der Waals surface area contributed by atoms with Crippen molar-refractivity contribution in [3.8, 4) is 16.9 Å². The zero-order chi connectivity index (χ0) is 22.4. The van der Waals surface area contributed by atoms with E-state index in [2.05, 4.69) is 23.3 Å². The van der Waals surface area contributed by atoms with Crippen LogP contribution < -0.4 is 9.46 Å². The number of ether oxygens (including phenoxy) is 2. The number of hydrogen-bond acceptors (Lipinski definition) is 5. The molecular weight excluding hydrogens is 414 g/mol. The van der Waals surface area contributed by atoms with Crippen LogP contribution in [0.1, 0.15) is 30.9 Å². The fraction of sp³-hybridized carbons (Fsp3) is 0.292. The van der Waals surface area contributed by atoms with Gasteiger partial charge in [-0.1, -0.05) is 56.3 Å². The van der Waals surface area contributed by atoms with Crippen LogP contribution in [0.4, 0.5) is 0 Å². The van der Waals surface area contributed by atoms with Crippen molar-refractivity contribution < 1.29 is 22.7 Å². The maximum atomic E-state index is 13.0. The lowest BCUT2D eigenvalue weighted by Crippen LogP contribution is -2.26. The molecule has 7 heteroatoms. The third kappa shape index (κ3) is 5.62.